The number of amides is 2. The number of hydrogen-bond acceptors (Lipinski definition) is 2. The van der Waals surface area contributed by atoms with Gasteiger partial charge in [-0.3, -0.25) is 0 Å². The summed E-state index contributed by atoms with van der Waals surface area (Å²) in [6, 6.07) is 13.3. The molecule has 1 aliphatic heterocycles. The maximum atomic E-state index is 12.7. The Kier molecular flexibility index (Phi) is 4.93. The Morgan fingerprint density at radius 2 is 1.79 bits per heavy atom. The van der Waals surface area contributed by atoms with Crippen LogP contribution in [0.15, 0.2) is 67.4 Å². The van der Waals surface area contributed by atoms with Gasteiger partial charge in [-0.15, -0.1) is 0 Å². The van der Waals surface area contributed by atoms with Crippen LogP contribution in [0.2, 0.25) is 0 Å². The normalized spacial score (nSPS) is 13.9. The van der Waals surface area contributed by atoms with E-state index in [9.17, 15) is 9.59 Å². The molecule has 3 aromatic rings. The molecule has 0 fully saturated rings. The Morgan fingerprint density at radius 1 is 1.11 bits per heavy atom. The van der Waals surface area contributed by atoms with Crippen molar-refractivity contribution >= 4 is 28.3 Å². The van der Waals surface area contributed by atoms with E-state index in [4.69, 9.17) is 0 Å². The summed E-state index contributed by atoms with van der Waals surface area (Å²) in [5.41, 5.74) is 5.15. The molecule has 5 heteroatoms. The second-order valence-corrected chi connectivity index (χ2v) is 8.64. The second-order valence-electron chi connectivity index (χ2n) is 6.63. The predicted octanol–water partition coefficient (Wildman–Crippen LogP) is 1.51. The Labute approximate surface area is 174 Å². The van der Waals surface area contributed by atoms with Crippen LogP contribution in [0.4, 0.5) is 0 Å². The number of nitrogens with zero attached hydrogens (tertiary/aromatic N) is 2. The number of aromatic nitrogens is 1. The molecule has 4 rings (SSSR count). The standard InChI is InChI=1S/C23H20IN2O2/c1-4-7-15(2)16-10-11-18-17(14-26(24-3)21(18)12-16)13-25-22(27)19-8-5-6-9-20(19)23(25)28/h4-12,14H,2,13H2,1,3H3/q-1/b7-4-. The Hall–Kier alpha value is -2.67. The molecule has 0 saturated heterocycles. The van der Waals surface area contributed by atoms with Gasteiger partial charge in [-0.05, 0) is 0 Å². The van der Waals surface area contributed by atoms with Crippen molar-refractivity contribution < 1.29 is 31.1 Å². The van der Waals surface area contributed by atoms with Crippen molar-refractivity contribution in [3.8, 4) is 0 Å². The Morgan fingerprint density at radius 3 is 2.39 bits per heavy atom. The van der Waals surface area contributed by atoms with E-state index < -0.39 is 0 Å². The van der Waals surface area contributed by atoms with Gasteiger partial charge in [0.1, 0.15) is 0 Å². The molecule has 0 spiro atoms. The molecule has 2 aromatic carbocycles. The summed E-state index contributed by atoms with van der Waals surface area (Å²) in [5, 5.41) is 1.08. The third-order valence-electron chi connectivity index (χ3n) is 4.97. The van der Waals surface area contributed by atoms with E-state index in [2.05, 4.69) is 38.7 Å². The molecular formula is C23H20IN2O2-. The monoisotopic (exact) mass is 483 g/mol. The first-order valence-corrected chi connectivity index (χ1v) is 12.1. The Bertz CT molecular complexity index is 1120. The van der Waals surface area contributed by atoms with Crippen LogP contribution < -0.4 is 21.5 Å². The number of halogens is 1. The fourth-order valence-electron chi connectivity index (χ4n) is 3.57. The van der Waals surface area contributed by atoms with E-state index in [0.29, 0.717) is 11.1 Å². The van der Waals surface area contributed by atoms with Gasteiger partial charge < -0.3 is 0 Å². The minimum atomic E-state index is -0.221. The van der Waals surface area contributed by atoms with E-state index in [0.717, 1.165) is 27.6 Å². The molecule has 0 radical (unpaired) electrons. The average molecular weight is 483 g/mol. The molecule has 0 unspecified atom stereocenters. The molecule has 0 saturated carbocycles. The minimum absolute atomic E-state index is 0.217. The fraction of sp³-hybridized carbons (Fsp3) is 0.130. The summed E-state index contributed by atoms with van der Waals surface area (Å²) in [4.78, 5) is 29.0. The number of carbonyl (C=O) groups excluding carboxylic acids is 2. The van der Waals surface area contributed by atoms with Crippen LogP contribution >= 0.6 is 0 Å². The predicted molar refractivity (Wildman–Crippen MR) is 108 cm³/mol. The van der Waals surface area contributed by atoms with Crippen molar-refractivity contribution in [3.05, 3.63) is 89.6 Å². The zero-order valence-corrected chi connectivity index (χ0v) is 17.9. The molecule has 142 valence electrons. The number of imide groups is 1. The van der Waals surface area contributed by atoms with Crippen molar-refractivity contribution in [2.75, 3.05) is 4.93 Å². The van der Waals surface area contributed by atoms with Crippen LogP contribution in [0, 0.1) is 0 Å². The van der Waals surface area contributed by atoms with E-state index in [1.54, 1.807) is 24.3 Å². The van der Waals surface area contributed by atoms with Crippen molar-refractivity contribution in [1.29, 1.82) is 0 Å². The van der Waals surface area contributed by atoms with Gasteiger partial charge in [0.25, 0.3) is 0 Å². The van der Waals surface area contributed by atoms with Gasteiger partial charge in [0.15, 0.2) is 0 Å². The number of fused-ring (bicyclic) bond motifs is 2. The quantitative estimate of drug-likeness (QED) is 0.239. The molecule has 2 amide bonds. The summed E-state index contributed by atoms with van der Waals surface area (Å²) in [7, 11) is 0. The molecule has 2 heterocycles. The van der Waals surface area contributed by atoms with Crippen LogP contribution in [0.5, 0.6) is 0 Å². The second kappa shape index (κ2) is 7.39. The first-order valence-electron chi connectivity index (χ1n) is 8.96. The fourth-order valence-corrected chi connectivity index (χ4v) is 5.11. The number of benzene rings is 2. The zero-order valence-electron chi connectivity index (χ0n) is 15.8. The molecule has 1 aromatic heterocycles. The van der Waals surface area contributed by atoms with Gasteiger partial charge in [0, 0.05) is 0 Å². The zero-order chi connectivity index (χ0) is 19.8. The van der Waals surface area contributed by atoms with E-state index >= 15 is 0 Å². The van der Waals surface area contributed by atoms with Crippen molar-refractivity contribution in [2.45, 2.75) is 13.5 Å². The van der Waals surface area contributed by atoms with Crippen LogP contribution in [0.3, 0.4) is 0 Å². The van der Waals surface area contributed by atoms with Gasteiger partial charge in [-0.25, -0.2) is 0 Å². The molecule has 4 nitrogen and oxygen atoms in total. The van der Waals surface area contributed by atoms with Gasteiger partial charge in [0.2, 0.25) is 0 Å². The molecule has 1 aliphatic rings. The van der Waals surface area contributed by atoms with Crippen molar-refractivity contribution in [1.82, 2.24) is 7.68 Å². The van der Waals surface area contributed by atoms with Crippen molar-refractivity contribution in [3.63, 3.8) is 0 Å². The topological polar surface area (TPSA) is 42.3 Å². The summed E-state index contributed by atoms with van der Waals surface area (Å²) >= 11 is -0.221. The van der Waals surface area contributed by atoms with Gasteiger partial charge in [0.05, 0.1) is 0 Å². The van der Waals surface area contributed by atoms with E-state index in [1.165, 1.54) is 4.90 Å². The van der Waals surface area contributed by atoms with Crippen LogP contribution in [0.25, 0.3) is 16.5 Å². The molecule has 0 bridgehead atoms. The number of allylic oxidation sites excluding steroid dienone is 3. The van der Waals surface area contributed by atoms with Gasteiger partial charge in [-0.1, -0.05) is 0 Å². The number of rotatable bonds is 5. The summed E-state index contributed by atoms with van der Waals surface area (Å²) in [6.45, 7) is 6.39. The van der Waals surface area contributed by atoms with Gasteiger partial charge >= 0.3 is 175 Å². The first-order chi connectivity index (χ1) is 13.5. The van der Waals surface area contributed by atoms with Gasteiger partial charge in [-0.2, -0.15) is 0 Å². The average Bonchev–Trinajstić information content (AvgIpc) is 3.18. The summed E-state index contributed by atoms with van der Waals surface area (Å²) < 4.78 is 2.26. The van der Waals surface area contributed by atoms with Crippen LogP contribution in [-0.4, -0.2) is 24.4 Å². The van der Waals surface area contributed by atoms with Crippen LogP contribution in [-0.2, 0) is 6.54 Å². The molecule has 0 N–H and O–H groups in total. The number of hydrogen-bond donors (Lipinski definition) is 0. The summed E-state index contributed by atoms with van der Waals surface area (Å²) in [6.07, 6.45) is 6.06. The number of carbonyl (C=O) groups is 2. The third-order valence-corrected chi connectivity index (χ3v) is 6.81. The van der Waals surface area contributed by atoms with E-state index in [1.807, 2.05) is 19.1 Å². The molecular weight excluding hydrogens is 463 g/mol. The molecule has 28 heavy (non-hydrogen) atoms. The first kappa shape index (κ1) is 18.7. The summed E-state index contributed by atoms with van der Waals surface area (Å²) in [5.74, 6) is -0.434. The Balaban J connectivity index is 1.73. The molecule has 0 atom stereocenters. The van der Waals surface area contributed by atoms with Crippen molar-refractivity contribution in [2.24, 2.45) is 0 Å². The molecule has 0 aliphatic carbocycles. The van der Waals surface area contributed by atoms with Crippen LogP contribution in [0.1, 0.15) is 38.8 Å². The SMILES string of the molecule is C=C(/C=C\C)c1ccc2c(CN3C(=O)c4ccccc4C3=O)cn([I-]C)c2c1. The maximum absolute atomic E-state index is 12.7. The van der Waals surface area contributed by atoms with E-state index in [-0.39, 0.29) is 39.8 Å². The third kappa shape index (κ3) is 2.99. The number of alkyl halides is 1.